The number of aryl methyl sites for hydroxylation is 1. The highest BCUT2D eigenvalue weighted by Crippen LogP contribution is 2.26. The van der Waals surface area contributed by atoms with Crippen LogP contribution in [0.15, 0.2) is 29.1 Å². The van der Waals surface area contributed by atoms with E-state index in [0.29, 0.717) is 38.4 Å². The van der Waals surface area contributed by atoms with Gasteiger partial charge in [-0.25, -0.2) is 4.98 Å². The van der Waals surface area contributed by atoms with Crippen molar-refractivity contribution in [2.45, 2.75) is 45.3 Å². The minimum Gasteiger partial charge on any atom is -0.392 e. The number of aliphatic hydroxyl groups is 1. The van der Waals surface area contributed by atoms with Crippen molar-refractivity contribution in [1.29, 1.82) is 0 Å². The Hall–Kier alpha value is -2.78. The Kier molecular flexibility index (Phi) is 6.33. The Labute approximate surface area is 181 Å². The lowest BCUT2D eigenvalue weighted by Gasteiger charge is -2.22. The molecule has 0 bridgehead atoms. The highest BCUT2D eigenvalue weighted by atomic mass is 16.6. The molecule has 4 rings (SSSR count). The molecule has 1 N–H and O–H groups in total. The van der Waals surface area contributed by atoms with Crippen LogP contribution in [0.5, 0.6) is 0 Å². The largest absolute Gasteiger partial charge is 0.392 e. The van der Waals surface area contributed by atoms with Crippen LogP contribution in [0.2, 0.25) is 0 Å². The first-order valence-electron chi connectivity index (χ1n) is 10.9. The smallest absolute Gasteiger partial charge is 0.376 e. The summed E-state index contributed by atoms with van der Waals surface area (Å²) in [6, 6.07) is 8.18. The van der Waals surface area contributed by atoms with Crippen molar-refractivity contribution in [2.24, 2.45) is 0 Å². The van der Waals surface area contributed by atoms with Crippen LogP contribution < -0.4 is 10.5 Å². The lowest BCUT2D eigenvalue weighted by atomic mass is 10.0. The van der Waals surface area contributed by atoms with Crippen molar-refractivity contribution in [3.8, 4) is 0 Å². The predicted octanol–water partition coefficient (Wildman–Crippen LogP) is 1.52. The van der Waals surface area contributed by atoms with Gasteiger partial charge in [-0.15, -0.1) is 0 Å². The van der Waals surface area contributed by atoms with Crippen LogP contribution in [-0.4, -0.2) is 63.3 Å². The molecule has 9 nitrogen and oxygen atoms in total. The van der Waals surface area contributed by atoms with Crippen LogP contribution in [0, 0.1) is 17.0 Å². The molecule has 2 aliphatic rings. The van der Waals surface area contributed by atoms with E-state index < -0.39 is 16.2 Å². The molecule has 9 heteroatoms. The predicted molar refractivity (Wildman–Crippen MR) is 118 cm³/mol. The molecule has 0 amide bonds. The number of hydrogen-bond donors (Lipinski definition) is 1. The number of β-amino-alcohol motifs (C(OH)–C–C–N with tert-alkyl or cyclic N) is 1. The number of hydrogen-bond acceptors (Lipinski definition) is 7. The first-order chi connectivity index (χ1) is 14.9. The molecule has 0 radical (unpaired) electrons. The summed E-state index contributed by atoms with van der Waals surface area (Å²) >= 11 is 0. The molecule has 31 heavy (non-hydrogen) atoms. The Balaban J connectivity index is 1.55. The van der Waals surface area contributed by atoms with Gasteiger partial charge in [0.1, 0.15) is 5.82 Å². The van der Waals surface area contributed by atoms with Crippen molar-refractivity contribution in [3.05, 3.63) is 61.7 Å². The van der Waals surface area contributed by atoms with E-state index in [1.165, 1.54) is 15.7 Å². The molecule has 1 fully saturated rings. The van der Waals surface area contributed by atoms with Crippen LogP contribution >= 0.6 is 0 Å². The van der Waals surface area contributed by atoms with Gasteiger partial charge >= 0.3 is 11.2 Å². The van der Waals surface area contributed by atoms with Gasteiger partial charge < -0.3 is 14.9 Å². The molecule has 166 valence electrons. The van der Waals surface area contributed by atoms with Gasteiger partial charge in [0.15, 0.2) is 0 Å². The summed E-state index contributed by atoms with van der Waals surface area (Å²) in [5.74, 6) is 0.674. The zero-order chi connectivity index (χ0) is 22.0. The van der Waals surface area contributed by atoms with Gasteiger partial charge in [0.25, 0.3) is 0 Å². The standard InChI is InChI=1S/C22H29N5O4/c1-16-23-21(25-13-7-17-5-2-3-6-18(17)8-14-25)20(27(30)31)22(29)26(16)11-4-10-24-12-9-19(28)15-24/h2-3,5-6,19,28H,4,7-15H2,1H3/t19-/m1/s1. The molecular formula is C22H29N5O4. The minimum absolute atomic E-state index is 0.180. The highest BCUT2D eigenvalue weighted by Gasteiger charge is 2.29. The molecular weight excluding hydrogens is 398 g/mol. The number of nitro groups is 1. The molecule has 0 saturated carbocycles. The Morgan fingerprint density at radius 1 is 1.16 bits per heavy atom. The summed E-state index contributed by atoms with van der Waals surface area (Å²) in [5, 5.41) is 21.5. The SMILES string of the molecule is Cc1nc(N2CCc3ccccc3CC2)c([N+](=O)[O-])c(=O)n1CCCN1CC[C@@H](O)C1. The number of anilines is 1. The van der Waals surface area contributed by atoms with E-state index in [9.17, 15) is 20.0 Å². The number of likely N-dealkylation sites (tertiary alicyclic amines) is 1. The van der Waals surface area contributed by atoms with E-state index in [-0.39, 0.29) is 11.9 Å². The highest BCUT2D eigenvalue weighted by molar-refractivity contribution is 5.57. The van der Waals surface area contributed by atoms with Gasteiger partial charge in [-0.1, -0.05) is 24.3 Å². The van der Waals surface area contributed by atoms with Gasteiger partial charge in [0.2, 0.25) is 5.82 Å². The van der Waals surface area contributed by atoms with E-state index in [4.69, 9.17) is 0 Å². The maximum absolute atomic E-state index is 13.1. The topological polar surface area (TPSA) is 105 Å². The van der Waals surface area contributed by atoms with Crippen LogP contribution in [0.3, 0.4) is 0 Å². The Bertz CT molecular complexity index is 994. The average Bonchev–Trinajstić information content (AvgIpc) is 3.03. The maximum Gasteiger partial charge on any atom is 0.376 e. The summed E-state index contributed by atoms with van der Waals surface area (Å²) in [5.41, 5.74) is 1.46. The molecule has 2 aliphatic heterocycles. The molecule has 0 unspecified atom stereocenters. The molecule has 1 aromatic carbocycles. The lowest BCUT2D eigenvalue weighted by molar-refractivity contribution is -0.386. The fourth-order valence-corrected chi connectivity index (χ4v) is 4.63. The molecule has 0 aliphatic carbocycles. The fourth-order valence-electron chi connectivity index (χ4n) is 4.63. The van der Waals surface area contributed by atoms with Crippen LogP contribution in [-0.2, 0) is 19.4 Å². The fraction of sp³-hybridized carbons (Fsp3) is 0.545. The normalized spacial score (nSPS) is 19.3. The van der Waals surface area contributed by atoms with Gasteiger partial charge in [-0.05, 0) is 50.3 Å². The molecule has 1 saturated heterocycles. The quantitative estimate of drug-likeness (QED) is 0.550. The zero-order valence-electron chi connectivity index (χ0n) is 17.9. The van der Waals surface area contributed by atoms with Crippen molar-refractivity contribution in [1.82, 2.24) is 14.5 Å². The number of nitrogens with zero attached hydrogens (tertiary/aromatic N) is 5. The Morgan fingerprint density at radius 2 is 1.84 bits per heavy atom. The van der Waals surface area contributed by atoms with E-state index >= 15 is 0 Å². The van der Waals surface area contributed by atoms with Crippen molar-refractivity contribution in [2.75, 3.05) is 37.6 Å². The third-order valence-electron chi connectivity index (χ3n) is 6.32. The number of benzene rings is 1. The summed E-state index contributed by atoms with van der Waals surface area (Å²) in [4.78, 5) is 32.9. The molecule has 3 heterocycles. The van der Waals surface area contributed by atoms with Crippen molar-refractivity contribution < 1.29 is 10.0 Å². The number of aromatic nitrogens is 2. The number of rotatable bonds is 6. The molecule has 1 aromatic heterocycles. The van der Waals surface area contributed by atoms with E-state index in [0.717, 1.165) is 32.4 Å². The molecule has 1 atom stereocenters. The first-order valence-corrected chi connectivity index (χ1v) is 10.9. The second-order valence-electron chi connectivity index (χ2n) is 8.40. The second-order valence-corrected chi connectivity index (χ2v) is 8.40. The van der Waals surface area contributed by atoms with Gasteiger partial charge in [-0.3, -0.25) is 19.5 Å². The lowest BCUT2D eigenvalue weighted by Crippen LogP contribution is -2.34. The third-order valence-corrected chi connectivity index (χ3v) is 6.32. The summed E-state index contributed by atoms with van der Waals surface area (Å²) < 4.78 is 1.42. The molecule has 2 aromatic rings. The van der Waals surface area contributed by atoms with Gasteiger partial charge in [-0.2, -0.15) is 0 Å². The van der Waals surface area contributed by atoms with E-state index in [1.54, 1.807) is 6.92 Å². The van der Waals surface area contributed by atoms with Gasteiger partial charge in [0, 0.05) is 32.7 Å². The summed E-state index contributed by atoms with van der Waals surface area (Å²) in [6.45, 7) is 5.50. The van der Waals surface area contributed by atoms with Crippen LogP contribution in [0.1, 0.15) is 29.8 Å². The van der Waals surface area contributed by atoms with Gasteiger partial charge in [0.05, 0.1) is 11.0 Å². The van der Waals surface area contributed by atoms with Crippen LogP contribution in [0.25, 0.3) is 0 Å². The average molecular weight is 428 g/mol. The molecule has 0 spiro atoms. The second kappa shape index (κ2) is 9.15. The van der Waals surface area contributed by atoms with E-state index in [2.05, 4.69) is 22.0 Å². The number of aliphatic hydroxyl groups excluding tert-OH is 1. The van der Waals surface area contributed by atoms with Crippen LogP contribution in [0.4, 0.5) is 11.5 Å². The maximum atomic E-state index is 13.1. The first kappa shape index (κ1) is 21.5. The summed E-state index contributed by atoms with van der Waals surface area (Å²) in [6.07, 6.45) is 2.68. The van der Waals surface area contributed by atoms with E-state index in [1.807, 2.05) is 17.0 Å². The number of fused-ring (bicyclic) bond motifs is 1. The monoisotopic (exact) mass is 427 g/mol. The third kappa shape index (κ3) is 4.62. The zero-order valence-corrected chi connectivity index (χ0v) is 17.9. The summed E-state index contributed by atoms with van der Waals surface area (Å²) in [7, 11) is 0. The van der Waals surface area contributed by atoms with Crippen molar-refractivity contribution >= 4 is 11.5 Å². The Morgan fingerprint density at radius 3 is 2.42 bits per heavy atom. The van der Waals surface area contributed by atoms with Crippen molar-refractivity contribution in [3.63, 3.8) is 0 Å². The minimum atomic E-state index is -0.588.